The predicted molar refractivity (Wildman–Crippen MR) is 78.8 cm³/mol. The normalized spacial score (nSPS) is 14.1. The smallest absolute Gasteiger partial charge is 0.223 e. The monoisotopic (exact) mass is 270 g/mol. The summed E-state index contributed by atoms with van der Waals surface area (Å²) < 4.78 is 0. The van der Waals surface area contributed by atoms with Gasteiger partial charge < -0.3 is 10.6 Å². The quantitative estimate of drug-likeness (QED) is 0.833. The van der Waals surface area contributed by atoms with Crippen molar-refractivity contribution in [3.8, 4) is 0 Å². The summed E-state index contributed by atoms with van der Waals surface area (Å²) in [6.07, 6.45) is 0.563. The average Bonchev–Trinajstić information content (AvgIpc) is 2.22. The van der Waals surface area contributed by atoms with E-state index in [1.807, 2.05) is 20.8 Å². The fourth-order valence-corrected chi connectivity index (χ4v) is 2.04. The minimum atomic E-state index is -0.379. The first-order valence-electron chi connectivity index (χ1n) is 6.90. The molecule has 1 amide bonds. The van der Waals surface area contributed by atoms with Crippen LogP contribution in [0, 0.1) is 10.8 Å². The third-order valence-electron chi connectivity index (χ3n) is 3.49. The molecule has 0 aliphatic heterocycles. The van der Waals surface area contributed by atoms with Gasteiger partial charge >= 0.3 is 0 Å². The maximum Gasteiger partial charge on any atom is 0.223 e. The zero-order valence-electron chi connectivity index (χ0n) is 13.5. The van der Waals surface area contributed by atoms with Crippen LogP contribution in [0.25, 0.3) is 0 Å². The lowest BCUT2D eigenvalue weighted by molar-refractivity contribution is -0.136. The predicted octanol–water partition coefficient (Wildman–Crippen LogP) is 2.21. The second kappa shape index (κ2) is 6.51. The van der Waals surface area contributed by atoms with E-state index in [9.17, 15) is 9.59 Å². The van der Waals surface area contributed by atoms with Crippen LogP contribution in [0.1, 0.15) is 54.4 Å². The highest BCUT2D eigenvalue weighted by Gasteiger charge is 2.30. The summed E-state index contributed by atoms with van der Waals surface area (Å²) >= 11 is 0. The minimum absolute atomic E-state index is 0.00950. The molecular weight excluding hydrogens is 240 g/mol. The van der Waals surface area contributed by atoms with Crippen molar-refractivity contribution in [2.75, 3.05) is 13.6 Å². The molecule has 0 aliphatic carbocycles. The van der Waals surface area contributed by atoms with E-state index in [0.717, 1.165) is 0 Å². The molecule has 1 unspecified atom stereocenters. The average molecular weight is 270 g/mol. The summed E-state index contributed by atoms with van der Waals surface area (Å²) in [5.74, 6) is 0.109. The first-order valence-corrected chi connectivity index (χ1v) is 6.90. The molecule has 1 atom stereocenters. The second-order valence-electron chi connectivity index (χ2n) is 7.30. The summed E-state index contributed by atoms with van der Waals surface area (Å²) in [5, 5.41) is 0. The molecule has 0 aromatic rings. The molecule has 0 spiro atoms. The van der Waals surface area contributed by atoms with Gasteiger partial charge in [0.05, 0.1) is 0 Å². The van der Waals surface area contributed by atoms with Crippen LogP contribution in [0.15, 0.2) is 0 Å². The van der Waals surface area contributed by atoms with Gasteiger partial charge in [-0.1, -0.05) is 41.5 Å². The molecule has 0 saturated heterocycles. The number of hydrogen-bond donors (Lipinski definition) is 1. The maximum atomic E-state index is 12.1. The Morgan fingerprint density at radius 1 is 1.05 bits per heavy atom. The van der Waals surface area contributed by atoms with Crippen molar-refractivity contribution < 1.29 is 9.59 Å². The molecule has 0 radical (unpaired) electrons. The molecule has 0 saturated carbocycles. The van der Waals surface area contributed by atoms with Crippen LogP contribution >= 0.6 is 0 Å². The van der Waals surface area contributed by atoms with E-state index in [-0.39, 0.29) is 35.0 Å². The van der Waals surface area contributed by atoms with Crippen molar-refractivity contribution in [3.63, 3.8) is 0 Å². The molecule has 0 aromatic heterocycles. The molecule has 4 nitrogen and oxygen atoms in total. The van der Waals surface area contributed by atoms with Gasteiger partial charge in [-0.3, -0.25) is 9.59 Å². The van der Waals surface area contributed by atoms with E-state index in [1.54, 1.807) is 11.9 Å². The number of rotatable bonds is 5. The fraction of sp³-hybridized carbons (Fsp3) is 0.867. The molecule has 0 heterocycles. The van der Waals surface area contributed by atoms with Crippen molar-refractivity contribution in [2.24, 2.45) is 16.6 Å². The van der Waals surface area contributed by atoms with E-state index in [1.165, 1.54) is 0 Å². The molecule has 4 heteroatoms. The topological polar surface area (TPSA) is 63.4 Å². The van der Waals surface area contributed by atoms with Gasteiger partial charge in [0.15, 0.2) is 0 Å². The second-order valence-corrected chi connectivity index (χ2v) is 7.30. The molecule has 0 bridgehead atoms. The van der Waals surface area contributed by atoms with Gasteiger partial charge in [0.1, 0.15) is 5.78 Å². The number of amides is 1. The van der Waals surface area contributed by atoms with Crippen LogP contribution in [0.3, 0.4) is 0 Å². The largest absolute Gasteiger partial charge is 0.341 e. The number of Topliss-reactive ketones (excluding diaryl/α,β-unsaturated/α-hetero) is 1. The Bertz CT molecular complexity index is 324. The molecule has 2 N–H and O–H groups in total. The van der Waals surface area contributed by atoms with Gasteiger partial charge in [0.25, 0.3) is 0 Å². The Morgan fingerprint density at radius 3 is 1.84 bits per heavy atom. The number of nitrogens with zero attached hydrogens (tertiary/aromatic N) is 1. The molecule has 0 aliphatic rings. The number of nitrogens with two attached hydrogens (primary N) is 1. The van der Waals surface area contributed by atoms with Crippen LogP contribution < -0.4 is 5.73 Å². The van der Waals surface area contributed by atoms with Gasteiger partial charge in [-0.05, 0) is 5.41 Å². The number of hydrogen-bond acceptors (Lipinski definition) is 3. The fourth-order valence-electron chi connectivity index (χ4n) is 2.04. The van der Waals surface area contributed by atoms with Crippen molar-refractivity contribution in [1.29, 1.82) is 0 Å². The molecule has 0 aromatic carbocycles. The summed E-state index contributed by atoms with van der Waals surface area (Å²) in [6, 6.07) is -0.00950. The number of likely N-dealkylation sites (N-methyl/N-ethyl adjacent to an activating group) is 1. The highest BCUT2D eigenvalue weighted by atomic mass is 16.2. The lowest BCUT2D eigenvalue weighted by Gasteiger charge is -2.37. The SMILES string of the molecule is CN(C(=O)CCC(=O)C(C)(C)C)C(CN)C(C)(C)C. The highest BCUT2D eigenvalue weighted by Crippen LogP contribution is 2.24. The van der Waals surface area contributed by atoms with Crippen LogP contribution in [-0.2, 0) is 9.59 Å². The molecule has 19 heavy (non-hydrogen) atoms. The van der Waals surface area contributed by atoms with E-state index in [4.69, 9.17) is 5.73 Å². The molecular formula is C15H30N2O2. The summed E-state index contributed by atoms with van der Waals surface area (Å²) in [6.45, 7) is 12.3. The van der Waals surface area contributed by atoms with E-state index >= 15 is 0 Å². The highest BCUT2D eigenvalue weighted by molar-refractivity contribution is 5.88. The van der Waals surface area contributed by atoms with Crippen LogP contribution in [0.2, 0.25) is 0 Å². The molecule has 112 valence electrons. The van der Waals surface area contributed by atoms with Crippen molar-refractivity contribution in [1.82, 2.24) is 4.90 Å². The number of carbonyl (C=O) groups is 2. The van der Waals surface area contributed by atoms with Crippen molar-refractivity contribution in [3.05, 3.63) is 0 Å². The minimum Gasteiger partial charge on any atom is -0.341 e. The van der Waals surface area contributed by atoms with E-state index < -0.39 is 0 Å². The standard InChI is InChI=1S/C15H30N2O2/c1-14(2,3)11(10-16)17(7)13(19)9-8-12(18)15(4,5)6/h11H,8-10,16H2,1-7H3. The zero-order chi connectivity index (χ0) is 15.4. The van der Waals surface area contributed by atoms with Crippen molar-refractivity contribution >= 4 is 11.7 Å². The Balaban J connectivity index is 4.55. The van der Waals surface area contributed by atoms with Crippen molar-refractivity contribution in [2.45, 2.75) is 60.4 Å². The van der Waals surface area contributed by atoms with Gasteiger partial charge in [0.2, 0.25) is 5.91 Å². The van der Waals surface area contributed by atoms with E-state index in [2.05, 4.69) is 20.8 Å². The summed E-state index contributed by atoms with van der Waals surface area (Å²) in [7, 11) is 1.77. The van der Waals surface area contributed by atoms with Crippen LogP contribution in [0.4, 0.5) is 0 Å². The van der Waals surface area contributed by atoms with Crippen LogP contribution in [0.5, 0.6) is 0 Å². The van der Waals surface area contributed by atoms with Gasteiger partial charge in [0, 0.05) is 37.9 Å². The summed E-state index contributed by atoms with van der Waals surface area (Å²) in [5.41, 5.74) is 5.32. The van der Waals surface area contributed by atoms with Crippen LogP contribution in [-0.4, -0.2) is 36.2 Å². The first kappa shape index (κ1) is 18.1. The Morgan fingerprint density at radius 2 is 1.53 bits per heavy atom. The van der Waals surface area contributed by atoms with Gasteiger partial charge in [-0.25, -0.2) is 0 Å². The van der Waals surface area contributed by atoms with Gasteiger partial charge in [-0.2, -0.15) is 0 Å². The first-order chi connectivity index (χ1) is 8.41. The number of carbonyl (C=O) groups excluding carboxylic acids is 2. The summed E-state index contributed by atoms with van der Waals surface area (Å²) in [4.78, 5) is 25.7. The van der Waals surface area contributed by atoms with E-state index in [0.29, 0.717) is 13.0 Å². The Kier molecular flexibility index (Phi) is 6.20. The van der Waals surface area contributed by atoms with Gasteiger partial charge in [-0.15, -0.1) is 0 Å². The zero-order valence-corrected chi connectivity index (χ0v) is 13.5. The number of ketones is 1. The lowest BCUT2D eigenvalue weighted by atomic mass is 9.85. The molecule has 0 fully saturated rings. The third-order valence-corrected chi connectivity index (χ3v) is 3.49. The Hall–Kier alpha value is -0.900. The molecule has 0 rings (SSSR count). The Labute approximate surface area is 117 Å². The third kappa shape index (κ3) is 5.72. The maximum absolute atomic E-state index is 12.1. The lowest BCUT2D eigenvalue weighted by Crippen LogP contribution is -2.49.